The number of ether oxygens (including phenoxy) is 1. The predicted molar refractivity (Wildman–Crippen MR) is 76.1 cm³/mol. The molecule has 5 heteroatoms. The van der Waals surface area contributed by atoms with Gasteiger partial charge in [0.1, 0.15) is 11.8 Å². The van der Waals surface area contributed by atoms with Crippen molar-refractivity contribution in [3.63, 3.8) is 0 Å². The van der Waals surface area contributed by atoms with Crippen molar-refractivity contribution >= 4 is 0 Å². The summed E-state index contributed by atoms with van der Waals surface area (Å²) < 4.78 is 7.45. The van der Waals surface area contributed by atoms with Gasteiger partial charge in [-0.2, -0.15) is 5.26 Å². The van der Waals surface area contributed by atoms with E-state index >= 15 is 0 Å². The van der Waals surface area contributed by atoms with Gasteiger partial charge in [0.2, 0.25) is 0 Å². The molecule has 0 bridgehead atoms. The molecule has 0 aliphatic heterocycles. The monoisotopic (exact) mass is 270 g/mol. The van der Waals surface area contributed by atoms with E-state index in [1.165, 1.54) is 0 Å². The average Bonchev–Trinajstić information content (AvgIpc) is 2.96. The molecule has 1 N–H and O–H groups in total. The van der Waals surface area contributed by atoms with Gasteiger partial charge in [-0.15, -0.1) is 0 Å². The molecular weight excluding hydrogens is 252 g/mol. The van der Waals surface area contributed by atoms with Crippen molar-refractivity contribution in [2.75, 3.05) is 6.61 Å². The Hall–Kier alpha value is -2.32. The summed E-state index contributed by atoms with van der Waals surface area (Å²) in [5.74, 6) is 0.761. The number of nitrogens with one attached hydrogen (secondary N) is 1. The van der Waals surface area contributed by atoms with E-state index in [0.717, 1.165) is 17.9 Å². The van der Waals surface area contributed by atoms with Gasteiger partial charge in [0.05, 0.1) is 6.33 Å². The molecule has 0 aliphatic carbocycles. The number of hydrogen-bond acceptors (Lipinski definition) is 4. The van der Waals surface area contributed by atoms with Crippen LogP contribution < -0.4 is 10.1 Å². The quantitative estimate of drug-likeness (QED) is 0.835. The Bertz CT molecular complexity index is 560. The third-order valence-corrected chi connectivity index (χ3v) is 2.95. The van der Waals surface area contributed by atoms with E-state index in [9.17, 15) is 0 Å². The molecule has 0 amide bonds. The summed E-state index contributed by atoms with van der Waals surface area (Å²) >= 11 is 0. The van der Waals surface area contributed by atoms with Gasteiger partial charge in [-0.25, -0.2) is 4.98 Å². The molecule has 104 valence electrons. The average molecular weight is 270 g/mol. The molecule has 2 aromatic rings. The maximum atomic E-state index is 8.58. The van der Waals surface area contributed by atoms with Crippen LogP contribution in [0.5, 0.6) is 5.75 Å². The Kier molecular flexibility index (Phi) is 5.15. The standard InChI is InChI=1S/C15H18N4O/c1-13(11-19-8-7-17-12-19)18-10-14-4-2-3-5-15(14)20-9-6-16/h2-5,7-8,12-13,18H,9-11H2,1H3. The van der Waals surface area contributed by atoms with Crippen LogP contribution in [-0.2, 0) is 13.1 Å². The zero-order valence-corrected chi connectivity index (χ0v) is 11.5. The van der Waals surface area contributed by atoms with Crippen LogP contribution in [-0.4, -0.2) is 22.2 Å². The Morgan fingerprint density at radius 1 is 1.45 bits per heavy atom. The summed E-state index contributed by atoms with van der Waals surface area (Å²) in [5.41, 5.74) is 1.06. The number of rotatable bonds is 7. The number of benzene rings is 1. The summed E-state index contributed by atoms with van der Waals surface area (Å²) in [6.45, 7) is 3.76. The van der Waals surface area contributed by atoms with Gasteiger partial charge in [-0.1, -0.05) is 18.2 Å². The SMILES string of the molecule is CC(Cn1ccnc1)NCc1ccccc1OCC#N. The van der Waals surface area contributed by atoms with E-state index in [-0.39, 0.29) is 6.61 Å². The summed E-state index contributed by atoms with van der Waals surface area (Å²) in [4.78, 5) is 4.03. The molecule has 0 saturated carbocycles. The van der Waals surface area contributed by atoms with Crippen LogP contribution in [0.1, 0.15) is 12.5 Å². The lowest BCUT2D eigenvalue weighted by Gasteiger charge is -2.16. The largest absolute Gasteiger partial charge is 0.478 e. The first kappa shape index (κ1) is 14.1. The van der Waals surface area contributed by atoms with E-state index in [2.05, 4.69) is 17.2 Å². The first-order valence-electron chi connectivity index (χ1n) is 6.56. The number of hydrogen-bond donors (Lipinski definition) is 1. The predicted octanol–water partition coefficient (Wildman–Crippen LogP) is 1.96. The normalized spacial score (nSPS) is 11.8. The maximum Gasteiger partial charge on any atom is 0.174 e. The summed E-state index contributed by atoms with van der Waals surface area (Å²) in [6, 6.07) is 10.1. The molecule has 0 spiro atoms. The van der Waals surface area contributed by atoms with Crippen molar-refractivity contribution in [2.45, 2.75) is 26.1 Å². The highest BCUT2D eigenvalue weighted by molar-refractivity contribution is 5.33. The zero-order valence-electron chi connectivity index (χ0n) is 11.5. The smallest absolute Gasteiger partial charge is 0.174 e. The lowest BCUT2D eigenvalue weighted by atomic mass is 10.2. The van der Waals surface area contributed by atoms with Crippen LogP contribution in [0.4, 0.5) is 0 Å². The number of nitriles is 1. The Morgan fingerprint density at radius 2 is 2.30 bits per heavy atom. The number of nitrogens with zero attached hydrogens (tertiary/aromatic N) is 3. The molecule has 1 atom stereocenters. The number of imidazole rings is 1. The fourth-order valence-corrected chi connectivity index (χ4v) is 1.96. The van der Waals surface area contributed by atoms with Gasteiger partial charge in [-0.3, -0.25) is 0 Å². The fourth-order valence-electron chi connectivity index (χ4n) is 1.96. The van der Waals surface area contributed by atoms with Crippen molar-refractivity contribution in [1.29, 1.82) is 5.26 Å². The summed E-state index contributed by atoms with van der Waals surface area (Å²) in [5, 5.41) is 12.0. The fraction of sp³-hybridized carbons (Fsp3) is 0.333. The molecule has 0 radical (unpaired) electrons. The van der Waals surface area contributed by atoms with Crippen LogP contribution >= 0.6 is 0 Å². The Balaban J connectivity index is 1.88. The Labute approximate surface area is 118 Å². The maximum absolute atomic E-state index is 8.58. The van der Waals surface area contributed by atoms with Crippen molar-refractivity contribution in [2.24, 2.45) is 0 Å². The van der Waals surface area contributed by atoms with E-state index in [1.807, 2.05) is 47.4 Å². The highest BCUT2D eigenvalue weighted by Crippen LogP contribution is 2.17. The van der Waals surface area contributed by atoms with Crippen molar-refractivity contribution in [3.8, 4) is 11.8 Å². The van der Waals surface area contributed by atoms with E-state index in [1.54, 1.807) is 6.20 Å². The van der Waals surface area contributed by atoms with Crippen molar-refractivity contribution in [3.05, 3.63) is 48.5 Å². The first-order valence-corrected chi connectivity index (χ1v) is 6.56. The van der Waals surface area contributed by atoms with Gasteiger partial charge in [0.25, 0.3) is 0 Å². The third kappa shape index (κ3) is 4.11. The second-order valence-electron chi connectivity index (χ2n) is 4.60. The van der Waals surface area contributed by atoms with E-state index in [0.29, 0.717) is 12.6 Å². The van der Waals surface area contributed by atoms with Crippen LogP contribution in [0.2, 0.25) is 0 Å². The molecule has 2 rings (SSSR count). The molecule has 1 unspecified atom stereocenters. The van der Waals surface area contributed by atoms with Crippen LogP contribution in [0.3, 0.4) is 0 Å². The van der Waals surface area contributed by atoms with Crippen LogP contribution in [0.15, 0.2) is 43.0 Å². The lowest BCUT2D eigenvalue weighted by molar-refractivity contribution is 0.360. The van der Waals surface area contributed by atoms with Gasteiger partial charge in [0.15, 0.2) is 6.61 Å². The summed E-state index contributed by atoms with van der Waals surface area (Å²) in [7, 11) is 0. The van der Waals surface area contributed by atoms with Crippen molar-refractivity contribution < 1.29 is 4.74 Å². The molecule has 0 aliphatic rings. The molecule has 1 aromatic carbocycles. The second-order valence-corrected chi connectivity index (χ2v) is 4.60. The molecular formula is C15H18N4O. The van der Waals surface area contributed by atoms with Crippen molar-refractivity contribution in [1.82, 2.24) is 14.9 Å². The summed E-state index contributed by atoms with van der Waals surface area (Å²) in [6.07, 6.45) is 5.53. The van der Waals surface area contributed by atoms with Gasteiger partial charge >= 0.3 is 0 Å². The minimum Gasteiger partial charge on any atom is -0.478 e. The topological polar surface area (TPSA) is 62.9 Å². The van der Waals surface area contributed by atoms with Gasteiger partial charge in [-0.05, 0) is 13.0 Å². The minimum absolute atomic E-state index is 0.0710. The van der Waals surface area contributed by atoms with Crippen LogP contribution in [0.25, 0.3) is 0 Å². The number of para-hydroxylation sites is 1. The zero-order chi connectivity index (χ0) is 14.2. The van der Waals surface area contributed by atoms with Crippen LogP contribution in [0, 0.1) is 11.3 Å². The second kappa shape index (κ2) is 7.31. The van der Waals surface area contributed by atoms with E-state index in [4.69, 9.17) is 10.00 Å². The third-order valence-electron chi connectivity index (χ3n) is 2.95. The Morgan fingerprint density at radius 3 is 3.05 bits per heavy atom. The van der Waals surface area contributed by atoms with E-state index < -0.39 is 0 Å². The molecule has 1 aromatic heterocycles. The highest BCUT2D eigenvalue weighted by Gasteiger charge is 2.06. The molecule has 20 heavy (non-hydrogen) atoms. The lowest BCUT2D eigenvalue weighted by Crippen LogP contribution is -2.29. The molecule has 1 heterocycles. The molecule has 0 fully saturated rings. The minimum atomic E-state index is 0.0710. The van der Waals surface area contributed by atoms with Gasteiger partial charge in [0, 0.05) is 37.1 Å². The molecule has 5 nitrogen and oxygen atoms in total. The van der Waals surface area contributed by atoms with Gasteiger partial charge < -0.3 is 14.6 Å². The molecule has 0 saturated heterocycles. The number of aromatic nitrogens is 2. The highest BCUT2D eigenvalue weighted by atomic mass is 16.5. The first-order chi connectivity index (χ1) is 9.79.